The first-order valence-corrected chi connectivity index (χ1v) is 10.1. The first kappa shape index (κ1) is 20.1. The minimum Gasteiger partial charge on any atom is -0.497 e. The Kier molecular flexibility index (Phi) is 6.46. The van der Waals surface area contributed by atoms with E-state index in [0.717, 1.165) is 28.2 Å². The molecule has 0 bridgehead atoms. The Bertz CT molecular complexity index is 924. The molecule has 1 atom stereocenters. The fourth-order valence-electron chi connectivity index (χ4n) is 2.88. The highest BCUT2D eigenvalue weighted by atomic mass is 32.2. The van der Waals surface area contributed by atoms with E-state index >= 15 is 0 Å². The molecule has 2 aromatic carbocycles. The van der Waals surface area contributed by atoms with Crippen molar-refractivity contribution in [2.24, 2.45) is 0 Å². The Morgan fingerprint density at radius 3 is 2.71 bits per heavy atom. The molecule has 0 fully saturated rings. The van der Waals surface area contributed by atoms with Gasteiger partial charge in [0.2, 0.25) is 5.91 Å². The fraction of sp³-hybridized carbons (Fsp3) is 0.333. The molecule has 0 saturated carbocycles. The number of nitrogens with one attached hydrogen (secondary N) is 1. The zero-order valence-corrected chi connectivity index (χ0v) is 17.4. The van der Waals surface area contributed by atoms with Crippen molar-refractivity contribution in [3.05, 3.63) is 53.9 Å². The summed E-state index contributed by atoms with van der Waals surface area (Å²) >= 11 is 1.57. The number of aromatic nitrogens is 2. The molecule has 1 aromatic heterocycles. The predicted octanol–water partition coefficient (Wildman–Crippen LogP) is 4.03. The van der Waals surface area contributed by atoms with Gasteiger partial charge >= 0.3 is 0 Å². The number of para-hydroxylation sites is 2. The summed E-state index contributed by atoms with van der Waals surface area (Å²) in [5, 5.41) is 0.0975. The lowest BCUT2D eigenvalue weighted by molar-refractivity contribution is -0.127. The van der Waals surface area contributed by atoms with Crippen LogP contribution in [0.25, 0.3) is 11.0 Å². The second kappa shape index (κ2) is 9.01. The first-order valence-electron chi connectivity index (χ1n) is 9.03. The average molecular weight is 400 g/mol. The minimum atomic E-state index is 0.0610. The maximum atomic E-state index is 12.6. The van der Waals surface area contributed by atoms with Crippen molar-refractivity contribution in [2.75, 3.05) is 27.0 Å². The van der Waals surface area contributed by atoms with Crippen molar-refractivity contribution in [1.82, 2.24) is 14.9 Å². The highest BCUT2D eigenvalue weighted by Crippen LogP contribution is 2.29. The number of amides is 1. The molecular weight excluding hydrogens is 374 g/mol. The molecule has 6 nitrogen and oxygen atoms in total. The fourth-order valence-corrected chi connectivity index (χ4v) is 3.76. The highest BCUT2D eigenvalue weighted by molar-refractivity contribution is 8.00. The standard InChI is InChI=1S/C21H25N3O3S/c1-14(21-22-17-7-5-6-8-18(17)23-21)28-13-20(25)24(2)12-15-9-10-16(26-3)11-19(15)27-4/h5-11,14H,12-13H2,1-4H3,(H,22,23). The molecule has 1 amide bonds. The van der Waals surface area contributed by atoms with Gasteiger partial charge in [-0.2, -0.15) is 0 Å². The van der Waals surface area contributed by atoms with Crippen LogP contribution in [0.1, 0.15) is 23.6 Å². The average Bonchev–Trinajstić information content (AvgIpc) is 3.16. The van der Waals surface area contributed by atoms with Gasteiger partial charge in [0.05, 0.1) is 36.3 Å². The minimum absolute atomic E-state index is 0.0610. The molecule has 1 N–H and O–H groups in total. The van der Waals surface area contributed by atoms with E-state index in [0.29, 0.717) is 18.0 Å². The quantitative estimate of drug-likeness (QED) is 0.619. The molecule has 28 heavy (non-hydrogen) atoms. The number of imidazole rings is 1. The molecule has 0 aliphatic heterocycles. The molecule has 1 heterocycles. The van der Waals surface area contributed by atoms with Gasteiger partial charge in [0.1, 0.15) is 17.3 Å². The lowest BCUT2D eigenvalue weighted by Gasteiger charge is -2.20. The van der Waals surface area contributed by atoms with Crippen LogP contribution in [0.3, 0.4) is 0 Å². The van der Waals surface area contributed by atoms with Crippen LogP contribution in [0, 0.1) is 0 Å². The second-order valence-corrected chi connectivity index (χ2v) is 7.85. The lowest BCUT2D eigenvalue weighted by Crippen LogP contribution is -2.28. The smallest absolute Gasteiger partial charge is 0.232 e. The van der Waals surface area contributed by atoms with Crippen molar-refractivity contribution < 1.29 is 14.3 Å². The number of hydrogen-bond donors (Lipinski definition) is 1. The van der Waals surface area contributed by atoms with Gasteiger partial charge < -0.3 is 19.4 Å². The van der Waals surface area contributed by atoms with E-state index in [9.17, 15) is 4.79 Å². The normalized spacial score (nSPS) is 12.0. The maximum Gasteiger partial charge on any atom is 0.232 e. The third-order valence-corrected chi connectivity index (χ3v) is 5.71. The summed E-state index contributed by atoms with van der Waals surface area (Å²) in [7, 11) is 5.04. The van der Waals surface area contributed by atoms with E-state index in [2.05, 4.69) is 16.9 Å². The zero-order chi connectivity index (χ0) is 20.1. The van der Waals surface area contributed by atoms with Crippen molar-refractivity contribution in [3.8, 4) is 11.5 Å². The monoisotopic (exact) mass is 399 g/mol. The summed E-state index contributed by atoms with van der Waals surface area (Å²) in [4.78, 5) is 22.2. The van der Waals surface area contributed by atoms with Crippen LogP contribution in [-0.2, 0) is 11.3 Å². The van der Waals surface area contributed by atoms with Gasteiger partial charge in [-0.3, -0.25) is 4.79 Å². The van der Waals surface area contributed by atoms with Gasteiger partial charge in [-0.05, 0) is 31.2 Å². The SMILES string of the molecule is COc1ccc(CN(C)C(=O)CSC(C)c2nc3ccccc3[nH]2)c(OC)c1. The second-order valence-electron chi connectivity index (χ2n) is 6.52. The van der Waals surface area contributed by atoms with E-state index in [-0.39, 0.29) is 11.2 Å². The zero-order valence-electron chi connectivity index (χ0n) is 16.6. The lowest BCUT2D eigenvalue weighted by atomic mass is 10.2. The summed E-state index contributed by atoms with van der Waals surface area (Å²) in [6, 6.07) is 13.6. The molecule has 3 aromatic rings. The van der Waals surface area contributed by atoms with Gasteiger partial charge in [0, 0.05) is 25.2 Å². The van der Waals surface area contributed by atoms with Crippen molar-refractivity contribution >= 4 is 28.7 Å². The van der Waals surface area contributed by atoms with Gasteiger partial charge in [-0.25, -0.2) is 4.98 Å². The molecule has 0 saturated heterocycles. The van der Waals surface area contributed by atoms with Gasteiger partial charge in [0.15, 0.2) is 0 Å². The third kappa shape index (κ3) is 4.59. The Morgan fingerprint density at radius 1 is 1.21 bits per heavy atom. The Morgan fingerprint density at radius 2 is 2.00 bits per heavy atom. The Hall–Kier alpha value is -2.67. The number of thioether (sulfide) groups is 1. The molecule has 0 radical (unpaired) electrons. The number of fused-ring (bicyclic) bond motifs is 1. The number of methoxy groups -OCH3 is 2. The Labute approximate surface area is 169 Å². The number of carbonyl (C=O) groups excluding carboxylic acids is 1. The van der Waals surface area contributed by atoms with Crippen molar-refractivity contribution in [1.29, 1.82) is 0 Å². The van der Waals surface area contributed by atoms with Crippen LogP contribution in [0.4, 0.5) is 0 Å². The highest BCUT2D eigenvalue weighted by Gasteiger charge is 2.17. The number of ether oxygens (including phenoxy) is 2. The van der Waals surface area contributed by atoms with Crippen LogP contribution >= 0.6 is 11.8 Å². The number of benzene rings is 2. The molecule has 0 aliphatic carbocycles. The van der Waals surface area contributed by atoms with Gasteiger partial charge in [0.25, 0.3) is 0 Å². The van der Waals surface area contributed by atoms with Gasteiger partial charge in [-0.1, -0.05) is 12.1 Å². The molecular formula is C21H25N3O3S. The summed E-state index contributed by atoms with van der Waals surface area (Å²) < 4.78 is 10.6. The predicted molar refractivity (Wildman–Crippen MR) is 113 cm³/mol. The number of H-pyrrole nitrogens is 1. The number of hydrogen-bond acceptors (Lipinski definition) is 5. The van der Waals surface area contributed by atoms with Crippen LogP contribution in [0.5, 0.6) is 11.5 Å². The molecule has 0 aliphatic rings. The van der Waals surface area contributed by atoms with E-state index in [4.69, 9.17) is 9.47 Å². The number of rotatable bonds is 8. The van der Waals surface area contributed by atoms with Crippen molar-refractivity contribution in [2.45, 2.75) is 18.7 Å². The van der Waals surface area contributed by atoms with E-state index < -0.39 is 0 Å². The number of nitrogens with zero attached hydrogens (tertiary/aromatic N) is 2. The van der Waals surface area contributed by atoms with E-state index in [1.807, 2.05) is 42.5 Å². The van der Waals surface area contributed by atoms with E-state index in [1.165, 1.54) is 0 Å². The van der Waals surface area contributed by atoms with Crippen molar-refractivity contribution in [3.63, 3.8) is 0 Å². The van der Waals surface area contributed by atoms with Crippen LogP contribution in [-0.4, -0.2) is 47.8 Å². The van der Waals surface area contributed by atoms with Crippen LogP contribution in [0.15, 0.2) is 42.5 Å². The van der Waals surface area contributed by atoms with Crippen LogP contribution in [0.2, 0.25) is 0 Å². The number of aromatic amines is 1. The summed E-state index contributed by atoms with van der Waals surface area (Å²) in [5.74, 6) is 2.77. The molecule has 148 valence electrons. The summed E-state index contributed by atoms with van der Waals surface area (Å²) in [6.07, 6.45) is 0. The molecule has 3 rings (SSSR count). The largest absolute Gasteiger partial charge is 0.497 e. The summed E-state index contributed by atoms with van der Waals surface area (Å²) in [6.45, 7) is 2.54. The van der Waals surface area contributed by atoms with Gasteiger partial charge in [-0.15, -0.1) is 11.8 Å². The first-order chi connectivity index (χ1) is 13.5. The molecule has 0 spiro atoms. The maximum absolute atomic E-state index is 12.6. The third-order valence-electron chi connectivity index (χ3n) is 4.58. The molecule has 1 unspecified atom stereocenters. The Balaban J connectivity index is 1.58. The topological polar surface area (TPSA) is 67.5 Å². The van der Waals surface area contributed by atoms with E-state index in [1.54, 1.807) is 37.9 Å². The summed E-state index contributed by atoms with van der Waals surface area (Å²) in [5.41, 5.74) is 2.90. The van der Waals surface area contributed by atoms with Crippen LogP contribution < -0.4 is 9.47 Å². The molecule has 7 heteroatoms. The number of carbonyl (C=O) groups is 1.